The fourth-order valence-corrected chi connectivity index (χ4v) is 6.73. The minimum Gasteiger partial charge on any atom is -0.458 e. The first-order valence-electron chi connectivity index (χ1n) is 13.5. The zero-order valence-corrected chi connectivity index (χ0v) is 23.4. The number of carbonyl (C=O) groups is 4. The minimum absolute atomic E-state index is 0.0575. The van der Waals surface area contributed by atoms with Gasteiger partial charge in [0.25, 0.3) is 0 Å². The Morgan fingerprint density at radius 3 is 2.31 bits per heavy atom. The van der Waals surface area contributed by atoms with E-state index in [1.54, 1.807) is 37.3 Å². The molecule has 1 N–H and O–H groups in total. The van der Waals surface area contributed by atoms with Gasteiger partial charge in [0.1, 0.15) is 12.2 Å². The van der Waals surface area contributed by atoms with Crippen molar-refractivity contribution in [3.05, 3.63) is 59.2 Å². The van der Waals surface area contributed by atoms with Gasteiger partial charge in [-0.2, -0.15) is 0 Å². The quantitative estimate of drug-likeness (QED) is 0.337. The average molecular weight is 539 g/mol. The number of aliphatic hydroxyl groups is 1. The van der Waals surface area contributed by atoms with E-state index in [9.17, 15) is 24.3 Å². The van der Waals surface area contributed by atoms with Gasteiger partial charge in [-0.25, -0.2) is 4.79 Å². The molecule has 8 heteroatoms. The molecule has 3 aliphatic rings. The second-order valence-corrected chi connectivity index (χ2v) is 11.8. The zero-order valence-electron chi connectivity index (χ0n) is 23.4. The van der Waals surface area contributed by atoms with Crippen LogP contribution in [-0.2, 0) is 28.6 Å². The van der Waals surface area contributed by atoms with Crippen LogP contribution in [0.4, 0.5) is 0 Å². The summed E-state index contributed by atoms with van der Waals surface area (Å²) in [4.78, 5) is 52.6. The molecule has 1 aromatic rings. The Balaban J connectivity index is 1.91. The number of Topliss-reactive ketones (excluding diaryl/α,β-unsaturated/α-hetero) is 1. The molecule has 7 atom stereocenters. The molecule has 39 heavy (non-hydrogen) atoms. The average Bonchev–Trinajstić information content (AvgIpc) is 3.26. The van der Waals surface area contributed by atoms with E-state index in [2.05, 4.69) is 13.8 Å². The van der Waals surface area contributed by atoms with E-state index in [1.807, 2.05) is 19.1 Å². The van der Waals surface area contributed by atoms with Gasteiger partial charge in [-0.1, -0.05) is 51.1 Å². The molecule has 2 fully saturated rings. The number of hydrogen-bond donors (Lipinski definition) is 1. The summed E-state index contributed by atoms with van der Waals surface area (Å²) in [5, 5.41) is 10.5. The third-order valence-electron chi connectivity index (χ3n) is 8.77. The van der Waals surface area contributed by atoms with Crippen molar-refractivity contribution in [2.24, 2.45) is 29.1 Å². The van der Waals surface area contributed by atoms with Gasteiger partial charge in [0.15, 0.2) is 5.60 Å². The maximum atomic E-state index is 14.4. The monoisotopic (exact) mass is 538 g/mol. The van der Waals surface area contributed by atoms with E-state index >= 15 is 0 Å². The van der Waals surface area contributed by atoms with Crippen molar-refractivity contribution >= 4 is 23.7 Å². The molecule has 8 nitrogen and oxygen atoms in total. The lowest BCUT2D eigenvalue weighted by molar-refractivity contribution is -0.179. The summed E-state index contributed by atoms with van der Waals surface area (Å²) < 4.78 is 17.8. The van der Waals surface area contributed by atoms with E-state index in [0.717, 1.165) is 0 Å². The van der Waals surface area contributed by atoms with E-state index in [1.165, 1.54) is 13.8 Å². The standard InChI is InChI=1S/C31H38O8/c1-17-14-24-23(30(24,5)6)13-12-22(16-32)27(37-19(3)33)25-26(38-29(36)21-10-8-7-9-11-21)18(2)15-31(25,28(17)35)39-20(4)34/h7-12,14,18,23-27,32H,13,15-16H2,1-6H3/b17-14-,22-12-/t18-,23-,24+,25+,26-,27?,31+/m0/s1. The Kier molecular flexibility index (Phi) is 7.90. The number of ether oxygens (including phenoxy) is 3. The maximum Gasteiger partial charge on any atom is 0.338 e. The van der Waals surface area contributed by atoms with Crippen LogP contribution in [0.25, 0.3) is 0 Å². The van der Waals surface area contributed by atoms with Crippen LogP contribution in [0.5, 0.6) is 0 Å². The van der Waals surface area contributed by atoms with Gasteiger partial charge >= 0.3 is 17.9 Å². The molecule has 0 radical (unpaired) electrons. The molecule has 0 aromatic heterocycles. The summed E-state index contributed by atoms with van der Waals surface area (Å²) in [6.07, 6.45) is 2.33. The summed E-state index contributed by atoms with van der Waals surface area (Å²) in [5.74, 6) is -3.53. The largest absolute Gasteiger partial charge is 0.458 e. The molecule has 3 aliphatic carbocycles. The number of esters is 3. The Hall–Kier alpha value is -3.26. The third-order valence-corrected chi connectivity index (χ3v) is 8.77. The summed E-state index contributed by atoms with van der Waals surface area (Å²) in [7, 11) is 0. The fourth-order valence-electron chi connectivity index (χ4n) is 6.73. The smallest absolute Gasteiger partial charge is 0.338 e. The number of carbonyl (C=O) groups excluding carboxylic acids is 4. The second-order valence-electron chi connectivity index (χ2n) is 11.8. The zero-order chi connectivity index (χ0) is 28.7. The van der Waals surface area contributed by atoms with Crippen LogP contribution in [0.2, 0.25) is 0 Å². The van der Waals surface area contributed by atoms with E-state index in [4.69, 9.17) is 14.2 Å². The van der Waals surface area contributed by atoms with Crippen LogP contribution in [0.3, 0.4) is 0 Å². The van der Waals surface area contributed by atoms with Crippen molar-refractivity contribution < 1.29 is 38.5 Å². The first-order valence-corrected chi connectivity index (χ1v) is 13.5. The van der Waals surface area contributed by atoms with Crippen LogP contribution in [0.1, 0.15) is 64.7 Å². The first kappa shape index (κ1) is 28.7. The van der Waals surface area contributed by atoms with Crippen LogP contribution >= 0.6 is 0 Å². The van der Waals surface area contributed by atoms with E-state index < -0.39 is 59.9 Å². The predicted molar refractivity (Wildman–Crippen MR) is 142 cm³/mol. The van der Waals surface area contributed by atoms with Crippen molar-refractivity contribution in [3.8, 4) is 0 Å². The molecular weight excluding hydrogens is 500 g/mol. The number of fused-ring (bicyclic) bond motifs is 2. The van der Waals surface area contributed by atoms with Gasteiger partial charge in [-0.15, -0.1) is 0 Å². The molecule has 0 heterocycles. The highest BCUT2D eigenvalue weighted by Gasteiger charge is 2.65. The molecule has 1 aromatic carbocycles. The van der Waals surface area contributed by atoms with Crippen molar-refractivity contribution in [2.45, 2.75) is 72.2 Å². The number of aliphatic hydroxyl groups excluding tert-OH is 1. The van der Waals surface area contributed by atoms with Crippen molar-refractivity contribution in [3.63, 3.8) is 0 Å². The van der Waals surface area contributed by atoms with Crippen LogP contribution in [0.15, 0.2) is 53.6 Å². The third kappa shape index (κ3) is 5.31. The summed E-state index contributed by atoms with van der Waals surface area (Å²) in [6.45, 7) is 9.79. The first-order chi connectivity index (χ1) is 18.3. The van der Waals surface area contributed by atoms with Gasteiger partial charge in [-0.3, -0.25) is 14.4 Å². The number of ketones is 1. The number of hydrogen-bond acceptors (Lipinski definition) is 8. The van der Waals surface area contributed by atoms with E-state index in [0.29, 0.717) is 23.1 Å². The van der Waals surface area contributed by atoms with Gasteiger partial charge in [0.2, 0.25) is 5.78 Å². The topological polar surface area (TPSA) is 116 Å². The molecule has 210 valence electrons. The Bertz CT molecular complexity index is 1210. The highest BCUT2D eigenvalue weighted by atomic mass is 16.6. The van der Waals surface area contributed by atoms with Gasteiger partial charge < -0.3 is 19.3 Å². The maximum absolute atomic E-state index is 14.4. The second kappa shape index (κ2) is 10.7. The molecule has 2 saturated carbocycles. The van der Waals surface area contributed by atoms with E-state index in [-0.39, 0.29) is 23.7 Å². The van der Waals surface area contributed by atoms with Crippen molar-refractivity contribution in [1.82, 2.24) is 0 Å². The van der Waals surface area contributed by atoms with Crippen LogP contribution in [0, 0.1) is 29.1 Å². The number of benzene rings is 1. The number of allylic oxidation sites excluding steroid dienone is 2. The summed E-state index contributed by atoms with van der Waals surface area (Å²) in [6, 6.07) is 8.44. The number of rotatable bonds is 5. The van der Waals surface area contributed by atoms with Crippen molar-refractivity contribution in [2.75, 3.05) is 6.61 Å². The lowest BCUT2D eigenvalue weighted by atomic mass is 9.77. The molecule has 0 saturated heterocycles. The van der Waals surface area contributed by atoms with Crippen LogP contribution < -0.4 is 0 Å². The molecule has 0 bridgehead atoms. The summed E-state index contributed by atoms with van der Waals surface area (Å²) in [5.41, 5.74) is -0.702. The van der Waals surface area contributed by atoms with Gasteiger partial charge in [-0.05, 0) is 59.8 Å². The molecule has 1 unspecified atom stereocenters. The Morgan fingerprint density at radius 1 is 1.05 bits per heavy atom. The lowest BCUT2D eigenvalue weighted by Crippen LogP contribution is -2.55. The van der Waals surface area contributed by atoms with Crippen LogP contribution in [-0.4, -0.2) is 53.2 Å². The lowest BCUT2D eigenvalue weighted by Gasteiger charge is -2.39. The summed E-state index contributed by atoms with van der Waals surface area (Å²) >= 11 is 0. The Labute approximate surface area is 229 Å². The SMILES string of the molecule is CC(=O)OC1/C(CO)=C\C[C@H]2[C@@H](/C=C(/C)C(=O)[C@@]3(OC(C)=O)C[C@H](C)[C@H](OC(=O)c4ccccc4)[C@H]13)C2(C)C. The van der Waals surface area contributed by atoms with Gasteiger partial charge in [0.05, 0.1) is 18.1 Å². The van der Waals surface area contributed by atoms with Crippen molar-refractivity contribution in [1.29, 1.82) is 0 Å². The molecule has 0 amide bonds. The molecular formula is C31H38O8. The highest BCUT2D eigenvalue weighted by molar-refractivity contribution is 6.03. The predicted octanol–water partition coefficient (Wildman–Crippen LogP) is 4.21. The molecule has 0 spiro atoms. The minimum atomic E-state index is -1.78. The Morgan fingerprint density at radius 2 is 1.72 bits per heavy atom. The molecule has 0 aliphatic heterocycles. The normalized spacial score (nSPS) is 36.0. The van der Waals surface area contributed by atoms with Gasteiger partial charge in [0, 0.05) is 20.3 Å². The molecule has 4 rings (SSSR count). The fraction of sp³-hybridized carbons (Fsp3) is 0.548. The highest BCUT2D eigenvalue weighted by Crippen LogP contribution is 2.62.